The fourth-order valence-electron chi connectivity index (χ4n) is 1.56. The van der Waals surface area contributed by atoms with E-state index in [9.17, 15) is 0 Å². The lowest BCUT2D eigenvalue weighted by atomic mass is 10.2. The first-order valence-electron chi connectivity index (χ1n) is 5.16. The maximum Gasteiger partial charge on any atom is 0.0542 e. The number of hydrogen-bond acceptors (Lipinski definition) is 2. The van der Waals surface area contributed by atoms with Crippen LogP contribution in [0, 0.1) is 0 Å². The summed E-state index contributed by atoms with van der Waals surface area (Å²) in [6.07, 6.45) is 3.91. The SMILES string of the molecule is CC(Nc1ccccc1Br)c1cnn(C)c1. The smallest absolute Gasteiger partial charge is 0.0542 e. The van der Waals surface area contributed by atoms with Crippen molar-refractivity contribution in [2.24, 2.45) is 7.05 Å². The molecule has 84 valence electrons. The van der Waals surface area contributed by atoms with Crippen LogP contribution in [0.1, 0.15) is 18.5 Å². The minimum absolute atomic E-state index is 0.243. The Bertz CT molecular complexity index is 479. The number of nitrogens with one attached hydrogen (secondary N) is 1. The highest BCUT2D eigenvalue weighted by atomic mass is 79.9. The summed E-state index contributed by atoms with van der Waals surface area (Å²) >= 11 is 3.52. The molecule has 1 N–H and O–H groups in total. The second kappa shape index (κ2) is 4.70. The quantitative estimate of drug-likeness (QED) is 0.934. The van der Waals surface area contributed by atoms with Gasteiger partial charge in [-0.15, -0.1) is 0 Å². The third-order valence-corrected chi connectivity index (χ3v) is 3.16. The first kappa shape index (κ1) is 11.2. The van der Waals surface area contributed by atoms with Gasteiger partial charge in [0.2, 0.25) is 0 Å². The number of aryl methyl sites for hydroxylation is 1. The van der Waals surface area contributed by atoms with E-state index in [0.29, 0.717) is 0 Å². The highest BCUT2D eigenvalue weighted by Gasteiger charge is 2.08. The lowest BCUT2D eigenvalue weighted by Crippen LogP contribution is -2.06. The largest absolute Gasteiger partial charge is 0.377 e. The van der Waals surface area contributed by atoms with E-state index < -0.39 is 0 Å². The molecule has 0 saturated heterocycles. The summed E-state index contributed by atoms with van der Waals surface area (Å²) in [6.45, 7) is 2.12. The van der Waals surface area contributed by atoms with Crippen LogP contribution in [0.3, 0.4) is 0 Å². The summed E-state index contributed by atoms with van der Waals surface area (Å²) in [5, 5.41) is 7.61. The molecule has 0 amide bonds. The normalized spacial score (nSPS) is 12.4. The maximum absolute atomic E-state index is 4.17. The van der Waals surface area contributed by atoms with E-state index in [2.05, 4.69) is 39.3 Å². The predicted molar refractivity (Wildman–Crippen MR) is 69.4 cm³/mol. The minimum Gasteiger partial charge on any atom is -0.377 e. The number of halogens is 1. The molecule has 4 heteroatoms. The molecule has 1 heterocycles. The van der Waals surface area contributed by atoms with E-state index in [-0.39, 0.29) is 6.04 Å². The van der Waals surface area contributed by atoms with Gasteiger partial charge in [0, 0.05) is 29.0 Å². The van der Waals surface area contributed by atoms with Gasteiger partial charge in [-0.05, 0) is 35.0 Å². The average Bonchev–Trinajstić information content (AvgIpc) is 2.68. The molecule has 1 aromatic heterocycles. The van der Waals surface area contributed by atoms with Crippen molar-refractivity contribution >= 4 is 21.6 Å². The molecule has 3 nitrogen and oxygen atoms in total. The minimum atomic E-state index is 0.243. The molecular weight excluding hydrogens is 266 g/mol. The molecule has 1 atom stereocenters. The zero-order valence-corrected chi connectivity index (χ0v) is 10.9. The summed E-state index contributed by atoms with van der Waals surface area (Å²) in [7, 11) is 1.93. The van der Waals surface area contributed by atoms with Crippen molar-refractivity contribution in [1.82, 2.24) is 9.78 Å². The van der Waals surface area contributed by atoms with Gasteiger partial charge in [-0.2, -0.15) is 5.10 Å². The van der Waals surface area contributed by atoms with E-state index in [4.69, 9.17) is 0 Å². The number of rotatable bonds is 3. The molecule has 0 aliphatic rings. The molecule has 0 fully saturated rings. The van der Waals surface area contributed by atoms with Gasteiger partial charge in [-0.1, -0.05) is 12.1 Å². The fourth-order valence-corrected chi connectivity index (χ4v) is 1.96. The Kier molecular flexibility index (Phi) is 3.29. The highest BCUT2D eigenvalue weighted by molar-refractivity contribution is 9.10. The topological polar surface area (TPSA) is 29.9 Å². The summed E-state index contributed by atoms with van der Waals surface area (Å²) in [5.74, 6) is 0. The van der Waals surface area contributed by atoms with E-state index >= 15 is 0 Å². The Labute approximate surface area is 104 Å². The summed E-state index contributed by atoms with van der Waals surface area (Å²) < 4.78 is 2.89. The van der Waals surface area contributed by atoms with Crippen LogP contribution in [0.4, 0.5) is 5.69 Å². The molecule has 0 aliphatic carbocycles. The van der Waals surface area contributed by atoms with Gasteiger partial charge in [0.1, 0.15) is 0 Å². The Morgan fingerprint density at radius 1 is 1.38 bits per heavy atom. The fraction of sp³-hybridized carbons (Fsp3) is 0.250. The van der Waals surface area contributed by atoms with Crippen LogP contribution in [0.2, 0.25) is 0 Å². The van der Waals surface area contributed by atoms with Crippen LogP contribution in [0.5, 0.6) is 0 Å². The van der Waals surface area contributed by atoms with Crippen molar-refractivity contribution in [3.05, 3.63) is 46.7 Å². The molecule has 2 rings (SSSR count). The number of aromatic nitrogens is 2. The first-order chi connectivity index (χ1) is 7.66. The number of nitrogens with zero attached hydrogens (tertiary/aromatic N) is 2. The Morgan fingerprint density at radius 2 is 2.12 bits per heavy atom. The molecule has 0 aliphatic heterocycles. The molecule has 2 aromatic rings. The molecule has 16 heavy (non-hydrogen) atoms. The second-order valence-corrected chi connectivity index (χ2v) is 4.65. The van der Waals surface area contributed by atoms with Crippen LogP contribution in [0.25, 0.3) is 0 Å². The number of anilines is 1. The summed E-state index contributed by atoms with van der Waals surface area (Å²) in [6, 6.07) is 8.34. The zero-order chi connectivity index (χ0) is 11.5. The van der Waals surface area contributed by atoms with E-state index in [1.807, 2.05) is 42.3 Å². The van der Waals surface area contributed by atoms with Gasteiger partial charge in [0.15, 0.2) is 0 Å². The Hall–Kier alpha value is -1.29. The number of benzene rings is 1. The second-order valence-electron chi connectivity index (χ2n) is 3.79. The number of hydrogen-bond donors (Lipinski definition) is 1. The van der Waals surface area contributed by atoms with Crippen LogP contribution < -0.4 is 5.32 Å². The third kappa shape index (κ3) is 2.44. The molecule has 0 radical (unpaired) electrons. The molecule has 1 aromatic carbocycles. The molecule has 1 unspecified atom stereocenters. The van der Waals surface area contributed by atoms with E-state index in [0.717, 1.165) is 10.2 Å². The van der Waals surface area contributed by atoms with E-state index in [1.54, 1.807) is 0 Å². The van der Waals surface area contributed by atoms with Crippen molar-refractivity contribution in [1.29, 1.82) is 0 Å². The third-order valence-electron chi connectivity index (χ3n) is 2.47. The van der Waals surface area contributed by atoms with Crippen molar-refractivity contribution < 1.29 is 0 Å². The van der Waals surface area contributed by atoms with Gasteiger partial charge in [0.25, 0.3) is 0 Å². The lowest BCUT2D eigenvalue weighted by Gasteiger charge is -2.14. The van der Waals surface area contributed by atoms with Crippen molar-refractivity contribution in [2.75, 3.05) is 5.32 Å². The van der Waals surface area contributed by atoms with E-state index in [1.165, 1.54) is 5.56 Å². The average molecular weight is 280 g/mol. The van der Waals surface area contributed by atoms with Crippen LogP contribution in [-0.2, 0) is 7.05 Å². The molecule has 0 bridgehead atoms. The Balaban J connectivity index is 2.13. The maximum atomic E-state index is 4.17. The predicted octanol–water partition coefficient (Wildman–Crippen LogP) is 3.36. The highest BCUT2D eigenvalue weighted by Crippen LogP contribution is 2.25. The Morgan fingerprint density at radius 3 is 2.75 bits per heavy atom. The van der Waals surface area contributed by atoms with Gasteiger partial charge in [0.05, 0.1) is 12.2 Å². The summed E-state index contributed by atoms with van der Waals surface area (Å²) in [5.41, 5.74) is 2.28. The van der Waals surface area contributed by atoms with Gasteiger partial charge >= 0.3 is 0 Å². The van der Waals surface area contributed by atoms with Gasteiger partial charge in [-0.25, -0.2) is 0 Å². The van der Waals surface area contributed by atoms with Gasteiger partial charge in [-0.3, -0.25) is 4.68 Å². The molecule has 0 saturated carbocycles. The van der Waals surface area contributed by atoms with Crippen LogP contribution in [-0.4, -0.2) is 9.78 Å². The molecule has 0 spiro atoms. The molecular formula is C12H14BrN3. The van der Waals surface area contributed by atoms with Crippen LogP contribution in [0.15, 0.2) is 41.1 Å². The lowest BCUT2D eigenvalue weighted by molar-refractivity contribution is 0.765. The first-order valence-corrected chi connectivity index (χ1v) is 5.95. The van der Waals surface area contributed by atoms with Gasteiger partial charge < -0.3 is 5.32 Å². The van der Waals surface area contributed by atoms with Crippen molar-refractivity contribution in [3.8, 4) is 0 Å². The van der Waals surface area contributed by atoms with Crippen LogP contribution >= 0.6 is 15.9 Å². The zero-order valence-electron chi connectivity index (χ0n) is 9.31. The van der Waals surface area contributed by atoms with Crippen molar-refractivity contribution in [2.45, 2.75) is 13.0 Å². The monoisotopic (exact) mass is 279 g/mol. The number of para-hydroxylation sites is 1. The standard InChI is InChI=1S/C12H14BrN3/c1-9(10-7-14-16(2)8-10)15-12-6-4-3-5-11(12)13/h3-9,15H,1-2H3. The van der Waals surface area contributed by atoms with Crippen molar-refractivity contribution in [3.63, 3.8) is 0 Å². The summed E-state index contributed by atoms with van der Waals surface area (Å²) in [4.78, 5) is 0.